The molecule has 1 aliphatic heterocycles. The van der Waals surface area contributed by atoms with Gasteiger partial charge in [-0.1, -0.05) is 30.3 Å². The molecule has 1 saturated heterocycles. The number of sulfonamides is 1. The fraction of sp³-hybridized carbons (Fsp3) is 0.387. The van der Waals surface area contributed by atoms with Crippen molar-refractivity contribution < 1.29 is 26.4 Å². The zero-order valence-corrected chi connectivity index (χ0v) is 24.1. The van der Waals surface area contributed by atoms with Crippen molar-refractivity contribution in [3.05, 3.63) is 101 Å². The van der Waals surface area contributed by atoms with E-state index < -0.39 is 45.3 Å². The van der Waals surface area contributed by atoms with Crippen molar-refractivity contribution >= 4 is 21.6 Å². The first kappa shape index (κ1) is 30.1. The second-order valence-electron chi connectivity index (χ2n) is 11.2. The van der Waals surface area contributed by atoms with Crippen molar-refractivity contribution in [2.45, 2.75) is 61.9 Å². The third-order valence-electron chi connectivity index (χ3n) is 8.07. The molecule has 5 rings (SSSR count). The van der Waals surface area contributed by atoms with Gasteiger partial charge in [0.05, 0.1) is 5.25 Å². The second kappa shape index (κ2) is 12.4. The molecule has 1 saturated carbocycles. The molecule has 0 bridgehead atoms. The Morgan fingerprint density at radius 3 is 2.19 bits per heavy atom. The van der Waals surface area contributed by atoms with E-state index in [4.69, 9.17) is 5.73 Å². The van der Waals surface area contributed by atoms with Crippen LogP contribution in [0.15, 0.2) is 66.7 Å². The van der Waals surface area contributed by atoms with Crippen LogP contribution in [0.4, 0.5) is 18.9 Å². The minimum absolute atomic E-state index is 0.181. The molecule has 2 fully saturated rings. The number of nitrogens with two attached hydrogens (primary N) is 1. The fourth-order valence-corrected chi connectivity index (χ4v) is 8.19. The minimum atomic E-state index is -3.46. The summed E-state index contributed by atoms with van der Waals surface area (Å²) < 4.78 is 72.0. The van der Waals surface area contributed by atoms with Crippen LogP contribution in [0.25, 0.3) is 0 Å². The van der Waals surface area contributed by atoms with Gasteiger partial charge in [0.1, 0.15) is 23.5 Å². The van der Waals surface area contributed by atoms with Crippen LogP contribution in [0.3, 0.4) is 0 Å². The summed E-state index contributed by atoms with van der Waals surface area (Å²) in [5.74, 6) is -3.29. The minimum Gasteiger partial charge on any atom is -0.373 e. The number of amides is 1. The van der Waals surface area contributed by atoms with Gasteiger partial charge < -0.3 is 16.4 Å². The number of benzene rings is 3. The average molecular weight is 601 g/mol. The van der Waals surface area contributed by atoms with Gasteiger partial charge in [0.25, 0.3) is 0 Å². The highest BCUT2D eigenvalue weighted by Crippen LogP contribution is 2.36. The molecule has 4 N–H and O–H groups in total. The van der Waals surface area contributed by atoms with Crippen LogP contribution < -0.4 is 16.4 Å². The van der Waals surface area contributed by atoms with E-state index in [9.17, 15) is 22.0 Å². The van der Waals surface area contributed by atoms with E-state index in [0.717, 1.165) is 0 Å². The number of carbonyl (C=O) groups excluding carboxylic acids is 1. The van der Waals surface area contributed by atoms with Gasteiger partial charge in [-0.3, -0.25) is 4.79 Å². The largest absolute Gasteiger partial charge is 0.373 e. The lowest BCUT2D eigenvalue weighted by atomic mass is 9.84. The predicted molar refractivity (Wildman–Crippen MR) is 156 cm³/mol. The highest BCUT2D eigenvalue weighted by Gasteiger charge is 2.45. The van der Waals surface area contributed by atoms with Crippen molar-refractivity contribution in [1.82, 2.24) is 9.62 Å². The second-order valence-corrected chi connectivity index (χ2v) is 13.3. The number of halogens is 3. The van der Waals surface area contributed by atoms with Gasteiger partial charge in [0, 0.05) is 42.3 Å². The van der Waals surface area contributed by atoms with E-state index in [0.29, 0.717) is 49.2 Å². The molecule has 224 valence electrons. The molecule has 0 spiro atoms. The Labute approximate surface area is 244 Å². The van der Waals surface area contributed by atoms with Crippen molar-refractivity contribution in [3.8, 4) is 0 Å². The molecule has 2 aliphatic rings. The first-order valence-electron chi connectivity index (χ1n) is 14.1. The summed E-state index contributed by atoms with van der Waals surface area (Å²) in [6, 6.07) is 13.9. The molecule has 0 aromatic heterocycles. The highest BCUT2D eigenvalue weighted by molar-refractivity contribution is 7.90. The summed E-state index contributed by atoms with van der Waals surface area (Å²) in [5.41, 5.74) is 7.20. The Bertz CT molecular complexity index is 1500. The first-order chi connectivity index (χ1) is 20.1. The normalized spacial score (nSPS) is 20.4. The third-order valence-corrected chi connectivity index (χ3v) is 10.6. The van der Waals surface area contributed by atoms with E-state index in [1.165, 1.54) is 48.5 Å². The van der Waals surface area contributed by atoms with E-state index in [1.54, 1.807) is 22.5 Å². The molecule has 3 atom stereocenters. The summed E-state index contributed by atoms with van der Waals surface area (Å²) in [6.07, 6.45) is 1.83. The number of piperazine rings is 1. The maximum Gasteiger partial charge on any atom is 0.240 e. The van der Waals surface area contributed by atoms with E-state index >= 15 is 4.39 Å². The average Bonchev–Trinajstić information content (AvgIpc) is 3.79. The van der Waals surface area contributed by atoms with Crippen molar-refractivity contribution in [3.63, 3.8) is 0 Å². The number of carbonyl (C=O) groups is 1. The molecule has 0 unspecified atom stereocenters. The van der Waals surface area contributed by atoms with Crippen molar-refractivity contribution in [2.24, 2.45) is 5.73 Å². The highest BCUT2D eigenvalue weighted by atomic mass is 32.2. The van der Waals surface area contributed by atoms with Crippen molar-refractivity contribution in [2.75, 3.05) is 18.4 Å². The molecular formula is C31H35F3N4O3S. The van der Waals surface area contributed by atoms with E-state index in [1.807, 2.05) is 6.92 Å². The molecule has 1 heterocycles. The van der Waals surface area contributed by atoms with Crippen LogP contribution in [-0.4, -0.2) is 55.1 Å². The summed E-state index contributed by atoms with van der Waals surface area (Å²) in [4.78, 5) is 12.9. The Balaban J connectivity index is 1.46. The van der Waals surface area contributed by atoms with Gasteiger partial charge in [0.15, 0.2) is 0 Å². The van der Waals surface area contributed by atoms with E-state index in [2.05, 4.69) is 10.6 Å². The zero-order chi connectivity index (χ0) is 30.0. The zero-order valence-electron chi connectivity index (χ0n) is 23.3. The van der Waals surface area contributed by atoms with Gasteiger partial charge in [-0.2, -0.15) is 4.31 Å². The van der Waals surface area contributed by atoms with Gasteiger partial charge in [0.2, 0.25) is 15.9 Å². The Hall–Kier alpha value is -3.41. The molecule has 1 amide bonds. The standard InChI is InChI=1S/C31H35F3N4O3S/c1-19-17-36-18-24(38(19)42(40,41)25-12-13-25)11-14-26-27(34)9-4-10-28(26)37-30(31(35)39)29(20-5-2-7-22(32)15-20)21-6-3-8-23(33)16-21/h2-10,15-16,19,24-25,29-30,36-37H,11-14,17-18H2,1H3,(H2,35,39)/t19-,24-,30-/m0/s1. The predicted octanol–water partition coefficient (Wildman–Crippen LogP) is 4.29. The third kappa shape index (κ3) is 6.48. The number of primary amides is 1. The summed E-state index contributed by atoms with van der Waals surface area (Å²) in [7, 11) is -3.46. The lowest BCUT2D eigenvalue weighted by molar-refractivity contribution is -0.119. The van der Waals surface area contributed by atoms with Gasteiger partial charge in [-0.25, -0.2) is 21.6 Å². The number of nitrogens with zero attached hydrogens (tertiary/aromatic N) is 1. The Morgan fingerprint density at radius 2 is 1.62 bits per heavy atom. The van der Waals surface area contributed by atoms with Crippen LogP contribution in [0.1, 0.15) is 48.8 Å². The Morgan fingerprint density at radius 1 is 1.00 bits per heavy atom. The Kier molecular flexibility index (Phi) is 8.91. The number of hydrogen-bond acceptors (Lipinski definition) is 5. The molecule has 3 aromatic carbocycles. The molecule has 0 radical (unpaired) electrons. The molecule has 7 nitrogen and oxygen atoms in total. The maximum absolute atomic E-state index is 15.4. The molecule has 42 heavy (non-hydrogen) atoms. The number of anilines is 1. The number of nitrogens with one attached hydrogen (secondary N) is 2. The summed E-state index contributed by atoms with van der Waals surface area (Å²) >= 11 is 0. The van der Waals surface area contributed by atoms with Gasteiger partial charge in [-0.05, 0) is 80.1 Å². The van der Waals surface area contributed by atoms with Gasteiger partial charge in [-0.15, -0.1) is 0 Å². The summed E-state index contributed by atoms with van der Waals surface area (Å²) in [5, 5.41) is 6.01. The summed E-state index contributed by atoms with van der Waals surface area (Å²) in [6.45, 7) is 2.85. The molecular weight excluding hydrogens is 565 g/mol. The fourth-order valence-electron chi connectivity index (χ4n) is 5.95. The topological polar surface area (TPSA) is 105 Å². The van der Waals surface area contributed by atoms with Crippen LogP contribution in [0.2, 0.25) is 0 Å². The van der Waals surface area contributed by atoms with Crippen LogP contribution in [0, 0.1) is 17.5 Å². The van der Waals surface area contributed by atoms with Crippen molar-refractivity contribution in [1.29, 1.82) is 0 Å². The molecule has 3 aromatic rings. The van der Waals surface area contributed by atoms with Crippen LogP contribution in [-0.2, 0) is 21.2 Å². The lowest BCUT2D eigenvalue weighted by Crippen LogP contribution is -2.59. The quantitative estimate of drug-likeness (QED) is 0.305. The smallest absolute Gasteiger partial charge is 0.240 e. The molecule has 11 heteroatoms. The maximum atomic E-state index is 15.4. The SMILES string of the molecule is C[C@H]1CNC[C@H](CCc2c(F)cccc2N[C@H](C(N)=O)C(c2cccc(F)c2)c2cccc(F)c2)N1S(=O)(=O)C1CC1. The first-order valence-corrected chi connectivity index (χ1v) is 15.6. The number of hydrogen-bond donors (Lipinski definition) is 3. The van der Waals surface area contributed by atoms with Gasteiger partial charge >= 0.3 is 0 Å². The monoisotopic (exact) mass is 600 g/mol. The van der Waals surface area contributed by atoms with Crippen LogP contribution in [0.5, 0.6) is 0 Å². The van der Waals surface area contributed by atoms with Crippen LogP contribution >= 0.6 is 0 Å². The molecule has 1 aliphatic carbocycles. The van der Waals surface area contributed by atoms with E-state index in [-0.39, 0.29) is 29.3 Å². The number of rotatable bonds is 11. The lowest BCUT2D eigenvalue weighted by Gasteiger charge is -2.40.